The van der Waals surface area contributed by atoms with E-state index in [1.807, 2.05) is 53.4 Å². The van der Waals surface area contributed by atoms with E-state index in [9.17, 15) is 14.7 Å². The first-order valence-corrected chi connectivity index (χ1v) is 13.5. The Morgan fingerprint density at radius 1 is 0.900 bits per heavy atom. The highest BCUT2D eigenvalue weighted by molar-refractivity contribution is 6.33. The van der Waals surface area contributed by atoms with Crippen molar-refractivity contribution in [1.82, 2.24) is 9.55 Å². The molecule has 2 saturated heterocycles. The molecule has 40 heavy (non-hydrogen) atoms. The highest BCUT2D eigenvalue weighted by atomic mass is 35.5. The largest absolute Gasteiger partial charge is 0.477 e. The number of benzene rings is 2. The molecule has 9 nitrogen and oxygen atoms in total. The number of nitrogens with zero attached hydrogens (tertiary/aromatic N) is 5. The van der Waals surface area contributed by atoms with E-state index in [1.54, 1.807) is 4.57 Å². The van der Waals surface area contributed by atoms with Crippen LogP contribution in [0.3, 0.4) is 0 Å². The van der Waals surface area contributed by atoms with Crippen LogP contribution in [0.2, 0.25) is 5.02 Å². The number of rotatable bonds is 5. The van der Waals surface area contributed by atoms with Crippen LogP contribution in [-0.4, -0.2) is 73.1 Å². The Morgan fingerprint density at radius 2 is 1.60 bits per heavy atom. The molecule has 0 radical (unpaired) electrons. The number of hydrogen-bond donors (Lipinski definition) is 1. The Labute approximate surface area is 234 Å². The Kier molecular flexibility index (Phi) is 7.03. The van der Waals surface area contributed by atoms with Crippen LogP contribution in [0.5, 0.6) is 0 Å². The van der Waals surface area contributed by atoms with E-state index in [0.717, 1.165) is 30.5 Å². The van der Waals surface area contributed by atoms with Crippen LogP contribution >= 0.6 is 11.6 Å². The third-order valence-electron chi connectivity index (χ3n) is 7.40. The molecule has 0 aliphatic carbocycles. The molecule has 4 heterocycles. The number of hydrogen-bond acceptors (Lipinski definition) is 7. The summed E-state index contributed by atoms with van der Waals surface area (Å²) >= 11 is 6.38. The summed E-state index contributed by atoms with van der Waals surface area (Å²) in [5.41, 5.74) is 1.44. The minimum atomic E-state index is -1.38. The van der Waals surface area contributed by atoms with Crippen molar-refractivity contribution in [2.24, 2.45) is 0 Å². The predicted octanol–water partition coefficient (Wildman–Crippen LogP) is 4.04. The molecule has 6 rings (SSSR count). The van der Waals surface area contributed by atoms with Crippen molar-refractivity contribution < 1.29 is 19.0 Å². The molecule has 4 aromatic rings. The van der Waals surface area contributed by atoms with Gasteiger partial charge in [-0.1, -0.05) is 29.8 Å². The van der Waals surface area contributed by atoms with Crippen molar-refractivity contribution in [3.8, 4) is 5.69 Å². The molecule has 1 N–H and O–H groups in total. The number of carbonyl (C=O) groups is 1. The van der Waals surface area contributed by atoms with Crippen molar-refractivity contribution in [3.05, 3.63) is 87.4 Å². The third-order valence-corrected chi connectivity index (χ3v) is 7.72. The van der Waals surface area contributed by atoms with E-state index in [-0.39, 0.29) is 16.9 Å². The molecule has 11 heteroatoms. The number of aromatic carboxylic acids is 1. The van der Waals surface area contributed by atoms with Crippen LogP contribution < -0.4 is 20.1 Å². The molecule has 0 bridgehead atoms. The summed E-state index contributed by atoms with van der Waals surface area (Å²) in [6, 6.07) is 16.3. The maximum Gasteiger partial charge on any atom is 0.341 e. The van der Waals surface area contributed by atoms with Gasteiger partial charge in [0.1, 0.15) is 5.56 Å². The maximum absolute atomic E-state index is 15.5. The number of morpholine rings is 1. The van der Waals surface area contributed by atoms with Crippen LogP contribution in [0.15, 0.2) is 65.6 Å². The van der Waals surface area contributed by atoms with E-state index in [4.69, 9.17) is 16.3 Å². The Morgan fingerprint density at radius 3 is 2.33 bits per heavy atom. The predicted molar refractivity (Wildman–Crippen MR) is 153 cm³/mol. The maximum atomic E-state index is 15.5. The molecule has 2 aliphatic heterocycles. The Bertz CT molecular complexity index is 1650. The Balaban J connectivity index is 1.41. The average molecular weight is 564 g/mol. The third kappa shape index (κ3) is 4.84. The first-order valence-electron chi connectivity index (χ1n) is 13.1. The SMILES string of the molecule is O=C(O)c1cn(-c2cccc(N3CCOCC3)c2)c2nc(N3CCN(c4ccccc4Cl)CC3)c(F)cc2c1=O. The molecule has 2 aromatic heterocycles. The van der Waals surface area contributed by atoms with Crippen LogP contribution in [0.1, 0.15) is 10.4 Å². The zero-order valence-electron chi connectivity index (χ0n) is 21.6. The fraction of sp³-hybridized carbons (Fsp3) is 0.276. The van der Waals surface area contributed by atoms with Gasteiger partial charge in [-0.15, -0.1) is 0 Å². The zero-order valence-corrected chi connectivity index (χ0v) is 22.4. The second-order valence-electron chi connectivity index (χ2n) is 9.76. The first-order chi connectivity index (χ1) is 19.4. The van der Waals surface area contributed by atoms with Crippen molar-refractivity contribution in [3.63, 3.8) is 0 Å². The molecule has 0 unspecified atom stereocenters. The first kappa shape index (κ1) is 26.1. The van der Waals surface area contributed by atoms with Crippen molar-refractivity contribution in [1.29, 1.82) is 0 Å². The summed E-state index contributed by atoms with van der Waals surface area (Å²) in [5.74, 6) is -1.94. The monoisotopic (exact) mass is 563 g/mol. The number of anilines is 3. The summed E-state index contributed by atoms with van der Waals surface area (Å²) in [6.07, 6.45) is 1.27. The minimum Gasteiger partial charge on any atom is -0.477 e. The molecule has 0 atom stereocenters. The van der Waals surface area contributed by atoms with Crippen LogP contribution in [-0.2, 0) is 4.74 Å². The van der Waals surface area contributed by atoms with Gasteiger partial charge in [0.05, 0.1) is 29.3 Å². The fourth-order valence-corrected chi connectivity index (χ4v) is 5.57. The number of pyridine rings is 2. The molecule has 0 amide bonds. The van der Waals surface area contributed by atoms with Gasteiger partial charge in [-0.25, -0.2) is 14.2 Å². The smallest absolute Gasteiger partial charge is 0.341 e. The molecular weight excluding hydrogens is 537 g/mol. The number of aromatic nitrogens is 2. The lowest BCUT2D eigenvalue weighted by atomic mass is 10.1. The normalized spacial score (nSPS) is 16.0. The molecule has 2 aliphatic rings. The number of para-hydroxylation sites is 1. The minimum absolute atomic E-state index is 0.0902. The van der Waals surface area contributed by atoms with Crippen LogP contribution in [0.4, 0.5) is 21.6 Å². The number of ether oxygens (including phenoxy) is 1. The lowest BCUT2D eigenvalue weighted by Gasteiger charge is -2.37. The van der Waals surface area contributed by atoms with Crippen LogP contribution in [0.25, 0.3) is 16.7 Å². The second kappa shape index (κ2) is 10.8. The summed E-state index contributed by atoms with van der Waals surface area (Å²) in [5, 5.41) is 10.3. The molecule has 2 aromatic carbocycles. The van der Waals surface area contributed by atoms with Gasteiger partial charge in [-0.3, -0.25) is 4.79 Å². The summed E-state index contributed by atoms with van der Waals surface area (Å²) in [4.78, 5) is 35.8. The van der Waals surface area contributed by atoms with Gasteiger partial charge in [-0.2, -0.15) is 0 Å². The molecule has 0 saturated carbocycles. The van der Waals surface area contributed by atoms with Gasteiger partial charge >= 0.3 is 5.97 Å². The number of carboxylic acid groups (broad SMARTS) is 1. The van der Waals surface area contributed by atoms with Gasteiger partial charge in [0.25, 0.3) is 0 Å². The van der Waals surface area contributed by atoms with Gasteiger partial charge in [0, 0.05) is 56.8 Å². The Hall–Kier alpha value is -4.15. The van der Waals surface area contributed by atoms with Crippen molar-refractivity contribution in [2.45, 2.75) is 0 Å². The topological polar surface area (TPSA) is 91.1 Å². The summed E-state index contributed by atoms with van der Waals surface area (Å²) in [6.45, 7) is 4.87. The van der Waals surface area contributed by atoms with E-state index in [1.165, 1.54) is 6.20 Å². The van der Waals surface area contributed by atoms with Crippen molar-refractivity contribution >= 4 is 45.8 Å². The average Bonchev–Trinajstić information content (AvgIpc) is 2.98. The number of carboxylic acids is 1. The quantitative estimate of drug-likeness (QED) is 0.389. The number of fused-ring (bicyclic) bond motifs is 1. The number of piperazine rings is 1. The van der Waals surface area contributed by atoms with E-state index in [0.29, 0.717) is 50.1 Å². The van der Waals surface area contributed by atoms with Gasteiger partial charge in [0.15, 0.2) is 17.3 Å². The van der Waals surface area contributed by atoms with Gasteiger partial charge in [-0.05, 0) is 36.4 Å². The van der Waals surface area contributed by atoms with Crippen molar-refractivity contribution in [2.75, 3.05) is 67.2 Å². The van der Waals surface area contributed by atoms with E-state index < -0.39 is 22.8 Å². The molecule has 2 fully saturated rings. The van der Waals surface area contributed by atoms with Gasteiger partial charge in [0.2, 0.25) is 5.43 Å². The number of halogens is 2. The highest BCUT2D eigenvalue weighted by Crippen LogP contribution is 2.29. The van der Waals surface area contributed by atoms with E-state index >= 15 is 4.39 Å². The molecular formula is C29H27ClFN5O4. The molecule has 206 valence electrons. The fourth-order valence-electron chi connectivity index (χ4n) is 5.31. The van der Waals surface area contributed by atoms with Gasteiger partial charge < -0.3 is 29.1 Å². The molecule has 0 spiro atoms. The zero-order chi connectivity index (χ0) is 27.8. The summed E-state index contributed by atoms with van der Waals surface area (Å²) < 4.78 is 22.5. The summed E-state index contributed by atoms with van der Waals surface area (Å²) in [7, 11) is 0. The lowest BCUT2D eigenvalue weighted by Crippen LogP contribution is -2.47. The lowest BCUT2D eigenvalue weighted by molar-refractivity contribution is 0.0695. The van der Waals surface area contributed by atoms with Crippen LogP contribution in [0, 0.1) is 5.82 Å². The second-order valence-corrected chi connectivity index (χ2v) is 10.2. The van der Waals surface area contributed by atoms with E-state index in [2.05, 4.69) is 14.8 Å². The highest BCUT2D eigenvalue weighted by Gasteiger charge is 2.25. The standard InChI is InChI=1S/C29H27ClFN5O4/c30-23-6-1-2-7-25(23)34-8-10-35(11-9-34)28-24(31)17-21-26(37)22(29(38)39)18-36(27(21)32-28)20-5-3-4-19(16-20)33-12-14-40-15-13-33/h1-7,16-18H,8-15H2,(H,38,39).